The number of ether oxygens (including phenoxy) is 5. The maximum Gasteiger partial charge on any atom is 0.305 e. The van der Waals surface area contributed by atoms with Crippen molar-refractivity contribution in [3.63, 3.8) is 0 Å². The number of rotatable bonds is 33. The standard InChI is InChI=1S/C32H64O6/c1-3-5-7-8-9-10-11-12-13-14-15-16-17-18-19-20-25-38-32(33)22-21-24-35-27-29-37-31-30-36-28-26-34-23-6-4-2/h3-31H2,1-2H3. The number of carbonyl (C=O) groups excluding carboxylic acids is 1. The molecule has 228 valence electrons. The first kappa shape index (κ1) is 37.3. The molecule has 38 heavy (non-hydrogen) atoms. The van der Waals surface area contributed by atoms with Crippen molar-refractivity contribution in [1.29, 1.82) is 0 Å². The molecule has 0 aliphatic carbocycles. The molecule has 0 aromatic heterocycles. The third kappa shape index (κ3) is 33.3. The van der Waals surface area contributed by atoms with Gasteiger partial charge in [0.1, 0.15) is 0 Å². The molecule has 0 spiro atoms. The summed E-state index contributed by atoms with van der Waals surface area (Å²) in [6.45, 7) is 9.82. The average Bonchev–Trinajstić information content (AvgIpc) is 2.92. The summed E-state index contributed by atoms with van der Waals surface area (Å²) in [4.78, 5) is 11.8. The van der Waals surface area contributed by atoms with Crippen molar-refractivity contribution < 1.29 is 28.5 Å². The van der Waals surface area contributed by atoms with E-state index in [0.29, 0.717) is 65.7 Å². The highest BCUT2D eigenvalue weighted by molar-refractivity contribution is 5.69. The third-order valence-electron chi connectivity index (χ3n) is 6.69. The molecular weight excluding hydrogens is 480 g/mol. The van der Waals surface area contributed by atoms with Crippen LogP contribution in [0, 0.1) is 0 Å². The Morgan fingerprint density at radius 1 is 0.368 bits per heavy atom. The molecule has 0 radical (unpaired) electrons. The van der Waals surface area contributed by atoms with E-state index in [-0.39, 0.29) is 5.97 Å². The minimum absolute atomic E-state index is 0.110. The molecule has 6 nitrogen and oxygen atoms in total. The van der Waals surface area contributed by atoms with Crippen LogP contribution in [0.15, 0.2) is 0 Å². The lowest BCUT2D eigenvalue weighted by molar-refractivity contribution is -0.144. The first-order valence-corrected chi connectivity index (χ1v) is 16.3. The zero-order valence-electron chi connectivity index (χ0n) is 25.5. The van der Waals surface area contributed by atoms with Crippen molar-refractivity contribution in [2.75, 3.05) is 59.5 Å². The Kier molecular flexibility index (Phi) is 33.7. The summed E-state index contributed by atoms with van der Waals surface area (Å²) in [5, 5.41) is 0. The normalized spacial score (nSPS) is 11.3. The molecule has 0 N–H and O–H groups in total. The van der Waals surface area contributed by atoms with Crippen molar-refractivity contribution in [1.82, 2.24) is 0 Å². The second kappa shape index (κ2) is 34.3. The van der Waals surface area contributed by atoms with E-state index >= 15 is 0 Å². The van der Waals surface area contributed by atoms with Crippen molar-refractivity contribution in [3.8, 4) is 0 Å². The summed E-state index contributed by atoms with van der Waals surface area (Å²) in [5.41, 5.74) is 0. The second-order valence-corrected chi connectivity index (χ2v) is 10.4. The van der Waals surface area contributed by atoms with Crippen LogP contribution >= 0.6 is 0 Å². The second-order valence-electron chi connectivity index (χ2n) is 10.4. The predicted molar refractivity (Wildman–Crippen MR) is 158 cm³/mol. The Morgan fingerprint density at radius 2 is 0.711 bits per heavy atom. The predicted octanol–water partition coefficient (Wildman–Crippen LogP) is 8.44. The fourth-order valence-corrected chi connectivity index (χ4v) is 4.24. The summed E-state index contributed by atoms with van der Waals surface area (Å²) in [5.74, 6) is -0.110. The smallest absolute Gasteiger partial charge is 0.305 e. The van der Waals surface area contributed by atoms with E-state index in [1.54, 1.807) is 0 Å². The molecule has 0 atom stereocenters. The fourth-order valence-electron chi connectivity index (χ4n) is 4.24. The van der Waals surface area contributed by atoms with E-state index in [0.717, 1.165) is 32.3 Å². The van der Waals surface area contributed by atoms with Gasteiger partial charge in [-0.3, -0.25) is 4.79 Å². The first-order valence-electron chi connectivity index (χ1n) is 16.3. The van der Waals surface area contributed by atoms with Gasteiger partial charge in [0.25, 0.3) is 0 Å². The minimum Gasteiger partial charge on any atom is -0.466 e. The Balaban J connectivity index is 3.14. The van der Waals surface area contributed by atoms with E-state index in [1.165, 1.54) is 89.9 Å². The Bertz CT molecular complexity index is 446. The van der Waals surface area contributed by atoms with Gasteiger partial charge in [-0.05, 0) is 19.3 Å². The van der Waals surface area contributed by atoms with Crippen LogP contribution < -0.4 is 0 Å². The van der Waals surface area contributed by atoms with Crippen molar-refractivity contribution in [2.45, 2.75) is 142 Å². The maximum atomic E-state index is 11.8. The quantitative estimate of drug-likeness (QED) is 0.0610. The molecule has 0 fully saturated rings. The van der Waals surface area contributed by atoms with Crippen LogP contribution in [-0.4, -0.2) is 65.4 Å². The van der Waals surface area contributed by atoms with Gasteiger partial charge in [-0.2, -0.15) is 0 Å². The number of unbranched alkanes of at least 4 members (excludes halogenated alkanes) is 16. The zero-order valence-corrected chi connectivity index (χ0v) is 25.5. The summed E-state index contributed by atoms with van der Waals surface area (Å²) in [6.07, 6.45) is 25.0. The van der Waals surface area contributed by atoms with Crippen molar-refractivity contribution >= 4 is 5.97 Å². The van der Waals surface area contributed by atoms with Gasteiger partial charge in [0.15, 0.2) is 0 Å². The van der Waals surface area contributed by atoms with Gasteiger partial charge < -0.3 is 23.7 Å². The number of esters is 1. The molecule has 0 amide bonds. The lowest BCUT2D eigenvalue weighted by atomic mass is 10.0. The van der Waals surface area contributed by atoms with Gasteiger partial charge in [0.05, 0.1) is 46.2 Å². The maximum absolute atomic E-state index is 11.8. The molecule has 0 bridgehead atoms. The van der Waals surface area contributed by atoms with Crippen molar-refractivity contribution in [3.05, 3.63) is 0 Å². The van der Waals surface area contributed by atoms with Gasteiger partial charge in [0.2, 0.25) is 0 Å². The van der Waals surface area contributed by atoms with Gasteiger partial charge in [-0.15, -0.1) is 0 Å². The molecule has 0 rings (SSSR count). The number of hydrogen-bond acceptors (Lipinski definition) is 6. The molecular formula is C32H64O6. The first-order chi connectivity index (χ1) is 18.8. The van der Waals surface area contributed by atoms with Crippen LogP contribution in [0.25, 0.3) is 0 Å². The molecule has 6 heteroatoms. The monoisotopic (exact) mass is 544 g/mol. The van der Waals surface area contributed by atoms with Gasteiger partial charge >= 0.3 is 5.97 Å². The zero-order chi connectivity index (χ0) is 27.6. The van der Waals surface area contributed by atoms with E-state index in [2.05, 4.69) is 13.8 Å². The molecule has 0 saturated heterocycles. The van der Waals surface area contributed by atoms with Crippen LogP contribution in [0.3, 0.4) is 0 Å². The Hall–Kier alpha value is -0.690. The summed E-state index contributed by atoms with van der Waals surface area (Å²) in [7, 11) is 0. The molecule has 0 aliphatic rings. The molecule has 0 heterocycles. The van der Waals surface area contributed by atoms with E-state index < -0.39 is 0 Å². The molecule has 0 unspecified atom stereocenters. The highest BCUT2D eigenvalue weighted by Crippen LogP contribution is 2.13. The Morgan fingerprint density at radius 3 is 1.13 bits per heavy atom. The summed E-state index contributed by atoms with van der Waals surface area (Å²) in [6, 6.07) is 0. The summed E-state index contributed by atoms with van der Waals surface area (Å²) < 4.78 is 27.2. The average molecular weight is 545 g/mol. The number of hydrogen-bond donors (Lipinski definition) is 0. The lowest BCUT2D eigenvalue weighted by Gasteiger charge is -2.08. The lowest BCUT2D eigenvalue weighted by Crippen LogP contribution is -2.12. The van der Waals surface area contributed by atoms with Crippen molar-refractivity contribution in [2.24, 2.45) is 0 Å². The SMILES string of the molecule is CCCCCCCCCCCCCCCCCCOC(=O)CCCOCCOCCOCCOCCCC. The Labute approximate surface area is 236 Å². The van der Waals surface area contributed by atoms with Gasteiger partial charge in [0, 0.05) is 19.6 Å². The van der Waals surface area contributed by atoms with Crippen LogP contribution in [0.2, 0.25) is 0 Å². The van der Waals surface area contributed by atoms with E-state index in [4.69, 9.17) is 23.7 Å². The highest BCUT2D eigenvalue weighted by atomic mass is 16.6. The third-order valence-corrected chi connectivity index (χ3v) is 6.69. The largest absolute Gasteiger partial charge is 0.466 e. The molecule has 0 aromatic carbocycles. The van der Waals surface area contributed by atoms with Gasteiger partial charge in [-0.1, -0.05) is 117 Å². The van der Waals surface area contributed by atoms with E-state index in [9.17, 15) is 4.79 Å². The molecule has 0 saturated carbocycles. The summed E-state index contributed by atoms with van der Waals surface area (Å²) >= 11 is 0. The fraction of sp³-hybridized carbons (Fsp3) is 0.969. The molecule has 0 aliphatic heterocycles. The van der Waals surface area contributed by atoms with Crippen LogP contribution in [0.4, 0.5) is 0 Å². The highest BCUT2D eigenvalue weighted by Gasteiger charge is 2.03. The number of carbonyl (C=O) groups is 1. The molecule has 0 aromatic rings. The minimum atomic E-state index is -0.110. The topological polar surface area (TPSA) is 63.2 Å². The van der Waals surface area contributed by atoms with Gasteiger partial charge in [-0.25, -0.2) is 0 Å². The van der Waals surface area contributed by atoms with Crippen LogP contribution in [-0.2, 0) is 28.5 Å². The van der Waals surface area contributed by atoms with E-state index in [1.807, 2.05) is 0 Å². The van der Waals surface area contributed by atoms with Crippen LogP contribution in [0.5, 0.6) is 0 Å². The van der Waals surface area contributed by atoms with Crippen LogP contribution in [0.1, 0.15) is 142 Å².